The molecule has 0 saturated carbocycles. The number of amides is 1. The number of nitrogens with zero attached hydrogens (tertiary/aromatic N) is 5. The third-order valence-corrected chi connectivity index (χ3v) is 5.01. The molecule has 1 amide bonds. The van der Waals surface area contributed by atoms with Crippen molar-refractivity contribution in [2.45, 2.75) is 6.92 Å². The number of carbonyl (C=O) groups is 1. The fraction of sp³-hybridized carbons (Fsp3) is 0.0417. The highest BCUT2D eigenvalue weighted by molar-refractivity contribution is 6.01. The Hall–Kier alpha value is -4.86. The zero-order valence-electron chi connectivity index (χ0n) is 17.9. The lowest BCUT2D eigenvalue weighted by Crippen LogP contribution is -2.18. The Labute approximate surface area is 192 Å². The van der Waals surface area contributed by atoms with E-state index in [1.165, 1.54) is 45.9 Å². The molecule has 3 heterocycles. The van der Waals surface area contributed by atoms with E-state index < -0.39 is 5.56 Å². The summed E-state index contributed by atoms with van der Waals surface area (Å²) in [6, 6.07) is 16.7. The van der Waals surface area contributed by atoms with E-state index >= 15 is 0 Å². The first kappa shape index (κ1) is 21.0. The number of hydrogen-bond acceptors (Lipinski definition) is 5. The van der Waals surface area contributed by atoms with E-state index in [1.807, 2.05) is 30.3 Å². The first-order valence-corrected chi connectivity index (χ1v) is 10.3. The molecule has 0 unspecified atom stereocenters. The molecule has 10 heteroatoms. The molecule has 2 aromatic carbocycles. The zero-order chi connectivity index (χ0) is 23.7. The molecule has 0 aliphatic rings. The molecule has 0 saturated heterocycles. The number of benzene rings is 2. The van der Waals surface area contributed by atoms with Crippen LogP contribution in [0.25, 0.3) is 28.7 Å². The van der Waals surface area contributed by atoms with Gasteiger partial charge in [-0.3, -0.25) is 14.6 Å². The molecule has 0 bridgehead atoms. The van der Waals surface area contributed by atoms with Gasteiger partial charge < -0.3 is 5.32 Å². The summed E-state index contributed by atoms with van der Waals surface area (Å²) in [5, 5.41) is 11.6. The van der Waals surface area contributed by atoms with E-state index in [2.05, 4.69) is 25.5 Å². The van der Waals surface area contributed by atoms with E-state index in [9.17, 15) is 14.0 Å². The number of anilines is 1. The van der Waals surface area contributed by atoms with Crippen molar-refractivity contribution in [3.8, 4) is 11.6 Å². The normalized spacial score (nSPS) is 11.4. The van der Waals surface area contributed by atoms with Gasteiger partial charge in [-0.25, -0.2) is 9.07 Å². The zero-order valence-corrected chi connectivity index (χ0v) is 17.9. The number of H-pyrrole nitrogens is 1. The van der Waals surface area contributed by atoms with Crippen molar-refractivity contribution in [1.82, 2.24) is 29.5 Å². The van der Waals surface area contributed by atoms with Gasteiger partial charge in [0.25, 0.3) is 5.56 Å². The molecule has 0 spiro atoms. The van der Waals surface area contributed by atoms with Crippen LogP contribution in [0.15, 0.2) is 77.7 Å². The van der Waals surface area contributed by atoms with E-state index in [1.54, 1.807) is 19.1 Å². The van der Waals surface area contributed by atoms with Gasteiger partial charge in [0.1, 0.15) is 17.0 Å². The first-order valence-electron chi connectivity index (χ1n) is 10.3. The minimum Gasteiger partial charge on any atom is -0.307 e. The number of aromatic amines is 1. The molecule has 34 heavy (non-hydrogen) atoms. The highest BCUT2D eigenvalue weighted by Gasteiger charge is 2.16. The highest BCUT2D eigenvalue weighted by atomic mass is 19.1. The molecule has 168 valence electrons. The maximum Gasteiger partial charge on any atom is 0.263 e. The summed E-state index contributed by atoms with van der Waals surface area (Å²) < 4.78 is 16.1. The van der Waals surface area contributed by atoms with E-state index in [4.69, 9.17) is 0 Å². The van der Waals surface area contributed by atoms with Crippen LogP contribution in [0.2, 0.25) is 0 Å². The van der Waals surface area contributed by atoms with Gasteiger partial charge in [-0.2, -0.15) is 19.9 Å². The maximum atomic E-state index is 13.3. The van der Waals surface area contributed by atoms with E-state index in [0.717, 1.165) is 5.56 Å². The smallest absolute Gasteiger partial charge is 0.263 e. The average Bonchev–Trinajstić information content (AvgIpc) is 3.42. The second-order valence-corrected chi connectivity index (χ2v) is 7.48. The van der Waals surface area contributed by atoms with Crippen LogP contribution in [0, 0.1) is 12.7 Å². The quantitative estimate of drug-likeness (QED) is 0.395. The number of nitrogens with one attached hydrogen (secondary N) is 2. The Morgan fingerprint density at radius 1 is 1.09 bits per heavy atom. The fourth-order valence-corrected chi connectivity index (χ4v) is 3.43. The van der Waals surface area contributed by atoms with Crippen molar-refractivity contribution in [3.63, 3.8) is 0 Å². The molecule has 0 fully saturated rings. The third kappa shape index (κ3) is 4.11. The highest BCUT2D eigenvalue weighted by Crippen LogP contribution is 2.18. The monoisotopic (exact) mass is 455 g/mol. The fourth-order valence-electron chi connectivity index (χ4n) is 3.43. The lowest BCUT2D eigenvalue weighted by atomic mass is 10.2. The topological polar surface area (TPSA) is 110 Å². The summed E-state index contributed by atoms with van der Waals surface area (Å²) >= 11 is 0. The lowest BCUT2D eigenvalue weighted by molar-refractivity contribution is -0.111. The minimum atomic E-state index is -0.428. The molecule has 0 atom stereocenters. The lowest BCUT2D eigenvalue weighted by Gasteiger charge is -2.08. The Morgan fingerprint density at radius 3 is 2.62 bits per heavy atom. The van der Waals surface area contributed by atoms with Crippen LogP contribution in [-0.2, 0) is 4.79 Å². The van der Waals surface area contributed by atoms with Gasteiger partial charge in [0.15, 0.2) is 5.65 Å². The first-order chi connectivity index (χ1) is 16.5. The van der Waals surface area contributed by atoms with Gasteiger partial charge in [-0.1, -0.05) is 30.3 Å². The van der Waals surface area contributed by atoms with E-state index in [-0.39, 0.29) is 28.7 Å². The summed E-state index contributed by atoms with van der Waals surface area (Å²) in [7, 11) is 0. The molecule has 9 nitrogen and oxygen atoms in total. The molecule has 5 aromatic rings. The van der Waals surface area contributed by atoms with Crippen molar-refractivity contribution in [3.05, 3.63) is 100 Å². The Kier molecular flexibility index (Phi) is 5.30. The average molecular weight is 455 g/mol. The molecule has 0 aliphatic carbocycles. The largest absolute Gasteiger partial charge is 0.307 e. The second-order valence-electron chi connectivity index (χ2n) is 7.48. The van der Waals surface area contributed by atoms with Crippen LogP contribution in [0.5, 0.6) is 0 Å². The number of carbonyl (C=O) groups excluding carboxylic acids is 1. The van der Waals surface area contributed by atoms with Crippen LogP contribution >= 0.6 is 0 Å². The van der Waals surface area contributed by atoms with Gasteiger partial charge in [0.05, 0.1) is 17.6 Å². The van der Waals surface area contributed by atoms with Crippen molar-refractivity contribution in [2.24, 2.45) is 0 Å². The Bertz CT molecular complexity index is 1580. The van der Waals surface area contributed by atoms with Gasteiger partial charge in [0.2, 0.25) is 11.9 Å². The van der Waals surface area contributed by atoms with Crippen molar-refractivity contribution >= 4 is 28.8 Å². The standard InChI is InChI=1S/C24H18FN7O2/c1-15-13-20(27-21(33)12-7-16-5-3-2-4-6-16)32(30-15)24-28-22-19(23(34)29-24)14-26-31(22)18-10-8-17(25)9-11-18/h2-14H,1H3,(H,27,33)(H,28,29,34). The molecule has 5 rings (SSSR count). The predicted octanol–water partition coefficient (Wildman–Crippen LogP) is 3.39. The third-order valence-electron chi connectivity index (χ3n) is 5.01. The number of rotatable bonds is 5. The van der Waals surface area contributed by atoms with Gasteiger partial charge in [0, 0.05) is 12.1 Å². The molecule has 2 N–H and O–H groups in total. The number of fused-ring (bicyclic) bond motifs is 1. The van der Waals surface area contributed by atoms with Crippen molar-refractivity contribution < 1.29 is 9.18 Å². The Balaban J connectivity index is 1.51. The summed E-state index contributed by atoms with van der Waals surface area (Å²) in [5.74, 6) is -0.336. The van der Waals surface area contributed by atoms with Crippen molar-refractivity contribution in [2.75, 3.05) is 5.32 Å². The summed E-state index contributed by atoms with van der Waals surface area (Å²) in [6.45, 7) is 1.76. The maximum absolute atomic E-state index is 13.3. The van der Waals surface area contributed by atoms with Crippen LogP contribution in [0.1, 0.15) is 11.3 Å². The van der Waals surface area contributed by atoms with Crippen molar-refractivity contribution in [1.29, 1.82) is 0 Å². The second kappa shape index (κ2) is 8.58. The van der Waals surface area contributed by atoms with E-state index in [0.29, 0.717) is 17.2 Å². The summed E-state index contributed by atoms with van der Waals surface area (Å²) in [4.78, 5) is 32.4. The van der Waals surface area contributed by atoms with Gasteiger partial charge in [-0.05, 0) is 42.8 Å². The summed E-state index contributed by atoms with van der Waals surface area (Å²) in [6.07, 6.45) is 4.49. The minimum absolute atomic E-state index is 0.0943. The van der Waals surface area contributed by atoms with Gasteiger partial charge in [-0.15, -0.1) is 0 Å². The summed E-state index contributed by atoms with van der Waals surface area (Å²) in [5.41, 5.74) is 1.86. The molecule has 3 aromatic heterocycles. The molecular formula is C24H18FN7O2. The Morgan fingerprint density at radius 2 is 1.85 bits per heavy atom. The van der Waals surface area contributed by atoms with Crippen LogP contribution in [-0.4, -0.2) is 35.4 Å². The number of aryl methyl sites for hydroxylation is 1. The van der Waals surface area contributed by atoms with Crippen LogP contribution in [0.4, 0.5) is 10.2 Å². The number of aromatic nitrogens is 6. The van der Waals surface area contributed by atoms with Crippen LogP contribution < -0.4 is 10.9 Å². The van der Waals surface area contributed by atoms with Gasteiger partial charge >= 0.3 is 0 Å². The number of hydrogen-bond donors (Lipinski definition) is 2. The number of halogens is 1. The molecular weight excluding hydrogens is 437 g/mol. The van der Waals surface area contributed by atoms with Crippen LogP contribution in [0.3, 0.4) is 0 Å². The molecule has 0 aliphatic heterocycles. The predicted molar refractivity (Wildman–Crippen MR) is 125 cm³/mol. The molecule has 0 radical (unpaired) electrons. The SMILES string of the molecule is Cc1cc(NC(=O)C=Cc2ccccc2)n(-c2nc3c(cnn3-c3ccc(F)cc3)c(=O)[nH]2)n1.